The molecular formula is C26H34ClFN4O2S. The molecule has 0 aliphatic heterocycles. The number of alkyl halides is 1. The molecular weight excluding hydrogens is 487 g/mol. The average Bonchev–Trinajstić information content (AvgIpc) is 3.31. The molecule has 2 aromatic rings. The van der Waals surface area contributed by atoms with E-state index in [0.29, 0.717) is 35.1 Å². The molecule has 2 saturated carbocycles. The van der Waals surface area contributed by atoms with Crippen molar-refractivity contribution in [3.8, 4) is 0 Å². The van der Waals surface area contributed by atoms with Gasteiger partial charge in [0, 0.05) is 17.1 Å². The Bertz CT molecular complexity index is 1040. The van der Waals surface area contributed by atoms with Gasteiger partial charge in [0.1, 0.15) is 12.2 Å². The predicted molar refractivity (Wildman–Crippen MR) is 139 cm³/mol. The first-order valence-corrected chi connectivity index (χ1v) is 13.7. The SMILES string of the molecule is Cc1ncc(Cl)cc1N[C@@H](C)c1ccc(C(=O)N[C@@H](CC2CCCCC2)C(=O)NC2CC(F)C2)s1. The topological polar surface area (TPSA) is 83.1 Å². The number of aryl methyl sites for hydroxylation is 1. The van der Waals surface area contributed by atoms with Crippen LogP contribution in [0.15, 0.2) is 24.4 Å². The van der Waals surface area contributed by atoms with Crippen LogP contribution < -0.4 is 16.0 Å². The van der Waals surface area contributed by atoms with Gasteiger partial charge in [-0.2, -0.15) is 0 Å². The van der Waals surface area contributed by atoms with Gasteiger partial charge < -0.3 is 16.0 Å². The van der Waals surface area contributed by atoms with Crippen molar-refractivity contribution >= 4 is 40.4 Å². The van der Waals surface area contributed by atoms with E-state index in [9.17, 15) is 14.0 Å². The lowest BCUT2D eigenvalue weighted by molar-refractivity contribution is -0.125. The molecule has 9 heteroatoms. The van der Waals surface area contributed by atoms with Crippen molar-refractivity contribution in [2.75, 3.05) is 5.32 Å². The monoisotopic (exact) mass is 520 g/mol. The smallest absolute Gasteiger partial charge is 0.262 e. The number of nitrogens with one attached hydrogen (secondary N) is 3. The second-order valence-corrected chi connectivity index (χ2v) is 11.4. The van der Waals surface area contributed by atoms with Crippen LogP contribution in [-0.2, 0) is 4.79 Å². The summed E-state index contributed by atoms with van der Waals surface area (Å²) in [4.78, 5) is 32.0. The summed E-state index contributed by atoms with van der Waals surface area (Å²) < 4.78 is 13.2. The zero-order chi connectivity index (χ0) is 24.9. The van der Waals surface area contributed by atoms with Crippen molar-refractivity contribution in [1.82, 2.24) is 15.6 Å². The Morgan fingerprint density at radius 2 is 1.97 bits per heavy atom. The van der Waals surface area contributed by atoms with E-state index in [1.54, 1.807) is 12.3 Å². The maximum absolute atomic E-state index is 13.2. The number of carbonyl (C=O) groups excluding carboxylic acids is 2. The lowest BCUT2D eigenvalue weighted by atomic mass is 9.84. The lowest BCUT2D eigenvalue weighted by Gasteiger charge is -2.33. The second kappa shape index (κ2) is 11.7. The van der Waals surface area contributed by atoms with Gasteiger partial charge in [-0.05, 0) is 57.2 Å². The van der Waals surface area contributed by atoms with E-state index in [4.69, 9.17) is 11.6 Å². The maximum atomic E-state index is 13.2. The maximum Gasteiger partial charge on any atom is 0.262 e. The Morgan fingerprint density at radius 1 is 1.23 bits per heavy atom. The third kappa shape index (κ3) is 6.94. The number of carbonyl (C=O) groups is 2. The number of aromatic nitrogens is 1. The number of halogens is 2. The molecule has 0 spiro atoms. The molecule has 2 atom stereocenters. The zero-order valence-electron chi connectivity index (χ0n) is 20.3. The van der Waals surface area contributed by atoms with Gasteiger partial charge in [0.15, 0.2) is 0 Å². The standard InChI is InChI=1S/C26H34ClFN4O2S/c1-15-21(11-18(27)14-29-15)30-16(2)23-8-9-24(35-23)26(34)32-22(10-17-6-4-3-5-7-17)25(33)31-20-12-19(28)13-20/h8-9,11,14,16-17,19-20,22,30H,3-7,10,12-13H2,1-2H3,(H,31,33)(H,32,34)/t16-,19?,20?,22-/m0/s1. The third-order valence-corrected chi connectivity index (χ3v) is 8.52. The number of nitrogens with zero attached hydrogens (tertiary/aromatic N) is 1. The van der Waals surface area contributed by atoms with Gasteiger partial charge in [-0.25, -0.2) is 4.39 Å². The minimum absolute atomic E-state index is 0.0471. The molecule has 190 valence electrons. The first kappa shape index (κ1) is 25.9. The summed E-state index contributed by atoms with van der Waals surface area (Å²) in [7, 11) is 0. The zero-order valence-corrected chi connectivity index (χ0v) is 21.9. The van der Waals surface area contributed by atoms with E-state index in [-0.39, 0.29) is 23.9 Å². The van der Waals surface area contributed by atoms with Gasteiger partial charge in [0.25, 0.3) is 5.91 Å². The molecule has 6 nitrogen and oxygen atoms in total. The molecule has 0 radical (unpaired) electrons. The fourth-order valence-corrected chi connectivity index (χ4v) is 5.92. The molecule has 0 bridgehead atoms. The molecule has 2 aromatic heterocycles. The van der Waals surface area contributed by atoms with E-state index in [1.165, 1.54) is 30.6 Å². The highest BCUT2D eigenvalue weighted by Gasteiger charge is 2.33. The molecule has 2 aliphatic carbocycles. The summed E-state index contributed by atoms with van der Waals surface area (Å²) in [6.45, 7) is 3.93. The minimum Gasteiger partial charge on any atom is -0.376 e. The highest BCUT2D eigenvalue weighted by Crippen LogP contribution is 2.30. The van der Waals surface area contributed by atoms with Crippen LogP contribution >= 0.6 is 22.9 Å². The van der Waals surface area contributed by atoms with Crippen LogP contribution in [0.1, 0.15) is 84.6 Å². The van der Waals surface area contributed by atoms with Crippen LogP contribution in [0.25, 0.3) is 0 Å². The van der Waals surface area contributed by atoms with Gasteiger partial charge >= 0.3 is 0 Å². The van der Waals surface area contributed by atoms with Crippen molar-refractivity contribution in [2.45, 2.75) is 89.5 Å². The highest BCUT2D eigenvalue weighted by atomic mass is 35.5. The van der Waals surface area contributed by atoms with E-state index in [1.807, 2.05) is 26.0 Å². The molecule has 2 amide bonds. The highest BCUT2D eigenvalue weighted by molar-refractivity contribution is 7.14. The third-order valence-electron chi connectivity index (χ3n) is 7.05. The Balaban J connectivity index is 1.40. The van der Waals surface area contributed by atoms with Gasteiger partial charge in [-0.15, -0.1) is 11.3 Å². The normalized spacial score (nSPS) is 22.1. The van der Waals surface area contributed by atoms with Gasteiger partial charge in [-0.1, -0.05) is 43.7 Å². The number of amides is 2. The van der Waals surface area contributed by atoms with E-state index < -0.39 is 12.2 Å². The molecule has 2 fully saturated rings. The first-order valence-electron chi connectivity index (χ1n) is 12.5. The summed E-state index contributed by atoms with van der Waals surface area (Å²) in [6.07, 6.45) is 7.85. The predicted octanol–water partition coefficient (Wildman–Crippen LogP) is 5.96. The van der Waals surface area contributed by atoms with E-state index >= 15 is 0 Å². The largest absolute Gasteiger partial charge is 0.376 e. The molecule has 2 heterocycles. The fraction of sp³-hybridized carbons (Fsp3) is 0.577. The number of thiophene rings is 1. The van der Waals surface area contributed by atoms with Crippen LogP contribution in [0, 0.1) is 12.8 Å². The Hall–Kier alpha value is -2.19. The van der Waals surface area contributed by atoms with Crippen molar-refractivity contribution in [2.24, 2.45) is 5.92 Å². The number of anilines is 1. The van der Waals surface area contributed by atoms with Crippen LogP contribution in [0.3, 0.4) is 0 Å². The lowest BCUT2D eigenvalue weighted by Crippen LogP contribution is -2.53. The number of pyridine rings is 1. The summed E-state index contributed by atoms with van der Waals surface area (Å²) in [6, 6.07) is 4.78. The summed E-state index contributed by atoms with van der Waals surface area (Å²) >= 11 is 7.48. The summed E-state index contributed by atoms with van der Waals surface area (Å²) in [5.41, 5.74) is 1.69. The first-order chi connectivity index (χ1) is 16.8. The van der Waals surface area contributed by atoms with Gasteiger partial charge in [0.05, 0.1) is 27.3 Å². The van der Waals surface area contributed by atoms with Crippen LogP contribution in [0.2, 0.25) is 5.02 Å². The number of rotatable bonds is 9. The Kier molecular flexibility index (Phi) is 8.65. The Morgan fingerprint density at radius 3 is 2.69 bits per heavy atom. The van der Waals surface area contributed by atoms with E-state index in [2.05, 4.69) is 20.9 Å². The molecule has 0 unspecified atom stereocenters. The van der Waals surface area contributed by atoms with Crippen LogP contribution in [-0.4, -0.2) is 35.1 Å². The molecule has 4 rings (SSSR count). The molecule has 2 aliphatic rings. The van der Waals surface area contributed by atoms with Gasteiger partial charge in [0.2, 0.25) is 5.91 Å². The summed E-state index contributed by atoms with van der Waals surface area (Å²) in [5.74, 6) is -0.0219. The fourth-order valence-electron chi connectivity index (χ4n) is 4.85. The number of hydrogen-bond donors (Lipinski definition) is 3. The quantitative estimate of drug-likeness (QED) is 0.380. The van der Waals surface area contributed by atoms with Crippen molar-refractivity contribution in [3.63, 3.8) is 0 Å². The van der Waals surface area contributed by atoms with Crippen molar-refractivity contribution in [1.29, 1.82) is 0 Å². The second-order valence-electron chi connectivity index (χ2n) is 9.89. The minimum atomic E-state index is -0.835. The summed E-state index contributed by atoms with van der Waals surface area (Å²) in [5, 5.41) is 9.88. The molecule has 0 aromatic carbocycles. The van der Waals surface area contributed by atoms with Crippen LogP contribution in [0.4, 0.5) is 10.1 Å². The number of hydrogen-bond acceptors (Lipinski definition) is 5. The van der Waals surface area contributed by atoms with Gasteiger partial charge in [-0.3, -0.25) is 14.6 Å². The van der Waals surface area contributed by atoms with Crippen molar-refractivity contribution < 1.29 is 14.0 Å². The molecule has 3 N–H and O–H groups in total. The molecule has 35 heavy (non-hydrogen) atoms. The molecule has 0 saturated heterocycles. The van der Waals surface area contributed by atoms with E-state index in [0.717, 1.165) is 29.1 Å². The van der Waals surface area contributed by atoms with Crippen LogP contribution in [0.5, 0.6) is 0 Å². The Labute approximate surface area is 215 Å². The average molecular weight is 521 g/mol. The van der Waals surface area contributed by atoms with Crippen molar-refractivity contribution in [3.05, 3.63) is 44.9 Å².